The molecular weight excluding hydrogens is 353 g/mol. The molecule has 1 aromatic heterocycles. The van der Waals surface area contributed by atoms with Crippen molar-refractivity contribution < 1.29 is 17.9 Å². The zero-order valence-corrected chi connectivity index (χ0v) is 14.3. The Bertz CT molecular complexity index is 849. The van der Waals surface area contributed by atoms with Crippen molar-refractivity contribution in [2.75, 3.05) is 11.5 Å². The summed E-state index contributed by atoms with van der Waals surface area (Å²) in [6.07, 6.45) is 0.741. The van der Waals surface area contributed by atoms with Crippen molar-refractivity contribution in [3.05, 3.63) is 42.7 Å². The molecule has 1 aliphatic rings. The number of sulfone groups is 1. The molecule has 9 heteroatoms. The highest BCUT2D eigenvalue weighted by Crippen LogP contribution is 2.32. The number of aliphatic hydroxyl groups is 1. The minimum atomic E-state index is -3.23. The van der Waals surface area contributed by atoms with Crippen molar-refractivity contribution in [3.8, 4) is 11.4 Å². The number of hydrogen-bond donors (Lipinski definition) is 1. The number of aromatic nitrogens is 3. The molecular formula is C15H16FN3O3S2. The quantitative estimate of drug-likeness (QED) is 0.805. The van der Waals surface area contributed by atoms with Gasteiger partial charge < -0.3 is 5.11 Å². The summed E-state index contributed by atoms with van der Waals surface area (Å²) < 4.78 is 38.1. The Balaban J connectivity index is 1.91. The Morgan fingerprint density at radius 3 is 2.62 bits per heavy atom. The average molecular weight is 369 g/mol. The second-order valence-electron chi connectivity index (χ2n) is 5.51. The molecule has 1 fully saturated rings. The van der Waals surface area contributed by atoms with Crippen LogP contribution >= 0.6 is 11.8 Å². The van der Waals surface area contributed by atoms with E-state index in [1.807, 2.05) is 0 Å². The van der Waals surface area contributed by atoms with Crippen molar-refractivity contribution in [3.63, 3.8) is 0 Å². The van der Waals surface area contributed by atoms with Crippen LogP contribution in [0.1, 0.15) is 0 Å². The molecule has 1 N–H and O–H groups in total. The average Bonchev–Trinajstić information content (AvgIpc) is 3.01. The molecule has 0 bridgehead atoms. The zero-order valence-electron chi connectivity index (χ0n) is 12.7. The Labute approximate surface area is 143 Å². The summed E-state index contributed by atoms with van der Waals surface area (Å²) in [4.78, 5) is 0. The van der Waals surface area contributed by atoms with E-state index in [2.05, 4.69) is 16.8 Å². The Hall–Kier alpha value is -1.71. The lowest BCUT2D eigenvalue weighted by Gasteiger charge is -2.13. The lowest BCUT2D eigenvalue weighted by atomic mass is 10.2. The van der Waals surface area contributed by atoms with Gasteiger partial charge in [-0.2, -0.15) is 0 Å². The van der Waals surface area contributed by atoms with Crippen LogP contribution in [-0.4, -0.2) is 51.1 Å². The third-order valence-corrected chi connectivity index (χ3v) is 6.88. The van der Waals surface area contributed by atoms with Gasteiger partial charge in [0.1, 0.15) is 5.82 Å². The first kappa shape index (κ1) is 17.1. The predicted octanol–water partition coefficient (Wildman–Crippen LogP) is 1.52. The maximum Gasteiger partial charge on any atom is 0.192 e. The molecule has 3 rings (SSSR count). The molecule has 1 aliphatic heterocycles. The van der Waals surface area contributed by atoms with E-state index in [4.69, 9.17) is 0 Å². The van der Waals surface area contributed by atoms with Gasteiger partial charge in [-0.3, -0.25) is 4.57 Å². The summed E-state index contributed by atoms with van der Waals surface area (Å²) in [7, 11) is -3.23. The van der Waals surface area contributed by atoms with Crippen LogP contribution in [0, 0.1) is 5.82 Å². The highest BCUT2D eigenvalue weighted by molar-refractivity contribution is 8.01. The lowest BCUT2D eigenvalue weighted by molar-refractivity contribution is 0.207. The molecule has 0 radical (unpaired) electrons. The highest BCUT2D eigenvalue weighted by atomic mass is 32.2. The number of thioether (sulfide) groups is 1. The second kappa shape index (κ2) is 6.66. The SMILES string of the molecule is C=CCn1c(S[C@@H]2CS(=O)(=O)C[C@H]2O)nnc1-c1ccc(F)cc1. The number of rotatable bonds is 5. The van der Waals surface area contributed by atoms with Gasteiger partial charge in [0.05, 0.1) is 22.9 Å². The molecule has 0 unspecified atom stereocenters. The second-order valence-corrected chi connectivity index (χ2v) is 8.87. The van der Waals surface area contributed by atoms with Gasteiger partial charge in [0.25, 0.3) is 0 Å². The smallest absolute Gasteiger partial charge is 0.192 e. The molecule has 6 nitrogen and oxygen atoms in total. The molecule has 0 amide bonds. The maximum absolute atomic E-state index is 13.1. The van der Waals surface area contributed by atoms with E-state index in [0.29, 0.717) is 23.1 Å². The van der Waals surface area contributed by atoms with E-state index in [1.54, 1.807) is 22.8 Å². The summed E-state index contributed by atoms with van der Waals surface area (Å²) in [5.41, 5.74) is 0.692. The van der Waals surface area contributed by atoms with E-state index in [9.17, 15) is 17.9 Å². The van der Waals surface area contributed by atoms with Crippen LogP contribution in [0.3, 0.4) is 0 Å². The van der Waals surface area contributed by atoms with E-state index in [0.717, 1.165) is 0 Å². The molecule has 2 atom stereocenters. The number of hydrogen-bond acceptors (Lipinski definition) is 6. The number of halogens is 1. The summed E-state index contributed by atoms with van der Waals surface area (Å²) in [5.74, 6) is -0.133. The summed E-state index contributed by atoms with van der Waals surface area (Å²) in [5, 5.41) is 18.2. The molecule has 24 heavy (non-hydrogen) atoms. The summed E-state index contributed by atoms with van der Waals surface area (Å²) >= 11 is 1.19. The fourth-order valence-corrected chi connectivity index (χ4v) is 6.05. The molecule has 1 saturated heterocycles. The summed E-state index contributed by atoms with van der Waals surface area (Å²) in [6, 6.07) is 5.87. The maximum atomic E-state index is 13.1. The first-order valence-corrected chi connectivity index (χ1v) is 9.95. The standard InChI is InChI=1S/C15H16FN3O3S2/c1-2-7-19-14(10-3-5-11(16)6-4-10)17-18-15(19)23-13-9-24(21,22)8-12(13)20/h2-6,12-13,20H,1,7-9H2/t12-,13-/m1/s1. The molecule has 128 valence electrons. The van der Waals surface area contributed by atoms with Crippen molar-refractivity contribution in [1.29, 1.82) is 0 Å². The number of nitrogens with zero attached hydrogens (tertiary/aromatic N) is 3. The van der Waals surface area contributed by atoms with E-state index >= 15 is 0 Å². The van der Waals surface area contributed by atoms with Crippen molar-refractivity contribution >= 4 is 21.6 Å². The Morgan fingerprint density at radius 2 is 2.04 bits per heavy atom. The van der Waals surface area contributed by atoms with Crippen molar-refractivity contribution in [2.45, 2.75) is 23.1 Å². The highest BCUT2D eigenvalue weighted by Gasteiger charge is 2.38. The Kier molecular flexibility index (Phi) is 4.75. The third kappa shape index (κ3) is 3.52. The summed E-state index contributed by atoms with van der Waals surface area (Å²) in [6.45, 7) is 4.12. The van der Waals surface area contributed by atoms with Gasteiger partial charge in [-0.15, -0.1) is 16.8 Å². The minimum Gasteiger partial charge on any atom is -0.391 e. The monoisotopic (exact) mass is 369 g/mol. The van der Waals surface area contributed by atoms with Crippen molar-refractivity contribution in [2.24, 2.45) is 0 Å². The van der Waals surface area contributed by atoms with Gasteiger partial charge in [-0.05, 0) is 24.3 Å². The topological polar surface area (TPSA) is 85.1 Å². The van der Waals surface area contributed by atoms with Gasteiger partial charge in [-0.1, -0.05) is 17.8 Å². The van der Waals surface area contributed by atoms with Gasteiger partial charge in [-0.25, -0.2) is 12.8 Å². The van der Waals surface area contributed by atoms with Crippen LogP contribution < -0.4 is 0 Å². The molecule has 2 heterocycles. The first-order chi connectivity index (χ1) is 11.4. The van der Waals surface area contributed by atoms with Crippen LogP contribution in [0.4, 0.5) is 4.39 Å². The fraction of sp³-hybridized carbons (Fsp3) is 0.333. The van der Waals surface area contributed by atoms with Crippen LogP contribution in [0.15, 0.2) is 42.1 Å². The van der Waals surface area contributed by atoms with E-state index in [1.165, 1.54) is 23.9 Å². The van der Waals surface area contributed by atoms with Gasteiger partial charge in [0.2, 0.25) is 0 Å². The van der Waals surface area contributed by atoms with Crippen LogP contribution in [0.25, 0.3) is 11.4 Å². The van der Waals surface area contributed by atoms with Crippen LogP contribution in [0.2, 0.25) is 0 Å². The van der Waals surface area contributed by atoms with Crippen LogP contribution in [-0.2, 0) is 16.4 Å². The van der Waals surface area contributed by atoms with Gasteiger partial charge >= 0.3 is 0 Å². The fourth-order valence-electron chi connectivity index (χ4n) is 2.53. The van der Waals surface area contributed by atoms with Crippen LogP contribution in [0.5, 0.6) is 0 Å². The van der Waals surface area contributed by atoms with Gasteiger partial charge in [0, 0.05) is 12.1 Å². The Morgan fingerprint density at radius 1 is 1.33 bits per heavy atom. The lowest BCUT2D eigenvalue weighted by Crippen LogP contribution is -2.20. The van der Waals surface area contributed by atoms with Gasteiger partial charge in [0.15, 0.2) is 20.8 Å². The van der Waals surface area contributed by atoms with E-state index < -0.39 is 21.2 Å². The largest absolute Gasteiger partial charge is 0.391 e. The van der Waals surface area contributed by atoms with E-state index in [-0.39, 0.29) is 17.3 Å². The predicted molar refractivity (Wildman–Crippen MR) is 89.9 cm³/mol. The number of aliphatic hydroxyl groups excluding tert-OH is 1. The number of allylic oxidation sites excluding steroid dienone is 1. The minimum absolute atomic E-state index is 0.0916. The molecule has 2 aromatic rings. The molecule has 0 aliphatic carbocycles. The first-order valence-electron chi connectivity index (χ1n) is 7.25. The molecule has 0 saturated carbocycles. The molecule has 0 spiro atoms. The normalized spacial score (nSPS) is 22.6. The number of benzene rings is 1. The third-order valence-electron chi connectivity index (χ3n) is 3.66. The zero-order chi connectivity index (χ0) is 17.3. The molecule has 1 aromatic carbocycles. The van der Waals surface area contributed by atoms with Crippen molar-refractivity contribution in [1.82, 2.24) is 14.8 Å².